The van der Waals surface area contributed by atoms with Gasteiger partial charge in [-0.15, -0.1) is 0 Å². The summed E-state index contributed by atoms with van der Waals surface area (Å²) < 4.78 is 109. The van der Waals surface area contributed by atoms with Crippen LogP contribution in [0.3, 0.4) is 0 Å². The van der Waals surface area contributed by atoms with Gasteiger partial charge in [0.25, 0.3) is 12.0 Å². The van der Waals surface area contributed by atoms with Crippen molar-refractivity contribution in [3.05, 3.63) is 147 Å². The minimum absolute atomic E-state index is 0.00222. The number of alkyl halides is 2. The number of methoxy groups -OCH3 is 1. The van der Waals surface area contributed by atoms with Crippen molar-refractivity contribution >= 4 is 49.2 Å². The SMILES string of the molecule is COc1ccc(CN(c2nn(CC(F)F)c3c(-n4c(CCc5cc(F)cc(F)c5)nc5cc(-c6ccccc6F)ccc5c4=O)ccc(Cl)c23)S(=O)(=O)C2CC2)cc1. The Bertz CT molecular complexity index is 2860. The van der Waals surface area contributed by atoms with Crippen LogP contribution in [0.25, 0.3) is 38.6 Å². The molecule has 9 nitrogen and oxygen atoms in total. The van der Waals surface area contributed by atoms with E-state index in [9.17, 15) is 35.2 Å². The monoisotopic (exact) mass is 833 g/mol. The number of aryl methyl sites for hydroxylation is 2. The van der Waals surface area contributed by atoms with Crippen LogP contribution in [0.1, 0.15) is 29.8 Å². The van der Waals surface area contributed by atoms with E-state index in [2.05, 4.69) is 5.10 Å². The van der Waals surface area contributed by atoms with Gasteiger partial charge in [-0.3, -0.25) is 14.0 Å². The zero-order valence-electron chi connectivity index (χ0n) is 30.7. The molecule has 58 heavy (non-hydrogen) atoms. The Morgan fingerprint density at radius 2 is 1.62 bits per heavy atom. The number of hydrogen-bond donors (Lipinski definition) is 0. The third kappa shape index (κ3) is 7.51. The molecule has 1 aliphatic rings. The fraction of sp³-hybridized carbons (Fsp3) is 0.214. The molecule has 0 bridgehead atoms. The lowest BCUT2D eigenvalue weighted by Crippen LogP contribution is -2.34. The second-order valence-electron chi connectivity index (χ2n) is 13.9. The van der Waals surface area contributed by atoms with Crippen LogP contribution in [-0.4, -0.2) is 46.5 Å². The van der Waals surface area contributed by atoms with Crippen molar-refractivity contribution in [2.75, 3.05) is 11.4 Å². The van der Waals surface area contributed by atoms with Crippen LogP contribution in [0.2, 0.25) is 5.02 Å². The quantitative estimate of drug-likeness (QED) is 0.108. The highest BCUT2D eigenvalue weighted by atomic mass is 35.5. The lowest BCUT2D eigenvalue weighted by molar-refractivity contribution is 0.123. The number of fused-ring (bicyclic) bond motifs is 2. The normalized spacial score (nSPS) is 13.2. The highest BCUT2D eigenvalue weighted by Gasteiger charge is 2.42. The number of nitrogens with zero attached hydrogens (tertiary/aromatic N) is 5. The number of benzene rings is 5. The van der Waals surface area contributed by atoms with Gasteiger partial charge in [0.15, 0.2) is 5.82 Å². The highest BCUT2D eigenvalue weighted by Crippen LogP contribution is 2.42. The molecule has 0 N–H and O–H groups in total. The first kappa shape index (κ1) is 39.0. The van der Waals surface area contributed by atoms with E-state index in [1.54, 1.807) is 54.6 Å². The molecule has 7 aromatic rings. The number of ether oxygens (including phenoxy) is 1. The predicted octanol–water partition coefficient (Wildman–Crippen LogP) is 9.03. The Morgan fingerprint density at radius 1 is 0.897 bits per heavy atom. The van der Waals surface area contributed by atoms with E-state index >= 15 is 0 Å². The van der Waals surface area contributed by atoms with E-state index in [0.717, 1.165) is 27.2 Å². The van der Waals surface area contributed by atoms with Crippen molar-refractivity contribution in [3.8, 4) is 22.6 Å². The molecular formula is C42H33ClF5N5O4S. The molecule has 1 fully saturated rings. The first-order chi connectivity index (χ1) is 27.8. The summed E-state index contributed by atoms with van der Waals surface area (Å²) in [5.41, 5.74) is 0.949. The fourth-order valence-electron chi connectivity index (χ4n) is 7.11. The Labute approximate surface area is 333 Å². The van der Waals surface area contributed by atoms with Crippen LogP contribution in [-0.2, 0) is 36.0 Å². The first-order valence-corrected chi connectivity index (χ1v) is 20.1. The molecule has 2 heterocycles. The van der Waals surface area contributed by atoms with Crippen molar-refractivity contribution in [1.82, 2.24) is 19.3 Å². The number of sulfonamides is 1. The van der Waals surface area contributed by atoms with E-state index in [-0.39, 0.29) is 74.7 Å². The molecular weight excluding hydrogens is 801 g/mol. The highest BCUT2D eigenvalue weighted by molar-refractivity contribution is 7.93. The summed E-state index contributed by atoms with van der Waals surface area (Å²) in [6, 6.07) is 23.2. The van der Waals surface area contributed by atoms with Crippen LogP contribution < -0.4 is 14.6 Å². The Morgan fingerprint density at radius 3 is 2.29 bits per heavy atom. The van der Waals surface area contributed by atoms with Gasteiger partial charge >= 0.3 is 0 Å². The van der Waals surface area contributed by atoms with Gasteiger partial charge in [-0.1, -0.05) is 48.0 Å². The average Bonchev–Trinajstić information content (AvgIpc) is 3.99. The molecule has 8 rings (SSSR count). The van der Waals surface area contributed by atoms with Gasteiger partial charge in [0, 0.05) is 18.1 Å². The summed E-state index contributed by atoms with van der Waals surface area (Å²) in [5.74, 6) is -1.73. The molecule has 0 atom stereocenters. The molecule has 0 spiro atoms. The second-order valence-corrected chi connectivity index (χ2v) is 16.5. The molecule has 16 heteroatoms. The zero-order chi connectivity index (χ0) is 40.9. The third-order valence-corrected chi connectivity index (χ3v) is 12.6. The molecule has 1 aliphatic carbocycles. The summed E-state index contributed by atoms with van der Waals surface area (Å²) in [6.07, 6.45) is -2.27. The van der Waals surface area contributed by atoms with Gasteiger partial charge in [-0.2, -0.15) is 5.10 Å². The smallest absolute Gasteiger partial charge is 0.266 e. The van der Waals surface area contributed by atoms with E-state index in [1.807, 2.05) is 0 Å². The summed E-state index contributed by atoms with van der Waals surface area (Å²) in [5, 5.41) is 3.82. The number of halogens is 6. The Kier molecular flexibility index (Phi) is 10.4. The van der Waals surface area contributed by atoms with Crippen molar-refractivity contribution in [1.29, 1.82) is 0 Å². The maximum Gasteiger partial charge on any atom is 0.266 e. The minimum atomic E-state index is -4.11. The van der Waals surface area contributed by atoms with E-state index in [4.69, 9.17) is 21.3 Å². The maximum atomic E-state index is 14.9. The summed E-state index contributed by atoms with van der Waals surface area (Å²) in [7, 11) is -2.61. The van der Waals surface area contributed by atoms with Gasteiger partial charge in [0.1, 0.15) is 35.6 Å². The summed E-state index contributed by atoms with van der Waals surface area (Å²) in [4.78, 5) is 19.6. The van der Waals surface area contributed by atoms with Crippen molar-refractivity contribution in [3.63, 3.8) is 0 Å². The van der Waals surface area contributed by atoms with Crippen molar-refractivity contribution < 1.29 is 35.1 Å². The Balaban J connectivity index is 1.37. The number of rotatable bonds is 13. The molecule has 1 saturated carbocycles. The van der Waals surface area contributed by atoms with Gasteiger partial charge < -0.3 is 4.74 Å². The van der Waals surface area contributed by atoms with E-state index in [0.29, 0.717) is 29.7 Å². The lowest BCUT2D eigenvalue weighted by Gasteiger charge is -2.23. The van der Waals surface area contributed by atoms with E-state index < -0.39 is 51.3 Å². The molecule has 0 amide bonds. The van der Waals surface area contributed by atoms with Crippen LogP contribution in [0.5, 0.6) is 5.75 Å². The van der Waals surface area contributed by atoms with Crippen LogP contribution in [0, 0.1) is 17.5 Å². The average molecular weight is 834 g/mol. The molecule has 0 saturated heterocycles. The lowest BCUT2D eigenvalue weighted by atomic mass is 10.0. The predicted molar refractivity (Wildman–Crippen MR) is 212 cm³/mol. The number of hydrogen-bond acceptors (Lipinski definition) is 6. The number of anilines is 1. The standard InChI is InChI=1S/C42H33ClF5N5O4S/c1-57-29-10-6-24(7-11-29)22-52(58(55,56)30-12-13-30)41-39-33(43)15-16-36(40(39)51(50-41)23-37(47)48)53-38(17-8-25-18-27(44)21-28(45)19-25)49-35-20-26(9-14-32(35)42(53)54)31-4-2-3-5-34(31)46/h2-7,9-11,14-16,18-21,30,37H,8,12-13,17,22-23H2,1H3. The molecule has 2 aromatic heterocycles. The first-order valence-electron chi connectivity index (χ1n) is 18.2. The molecule has 0 unspecified atom stereocenters. The van der Waals surface area contributed by atoms with Crippen molar-refractivity contribution in [2.24, 2.45) is 0 Å². The molecule has 0 aliphatic heterocycles. The third-order valence-electron chi connectivity index (χ3n) is 10.0. The van der Waals surface area contributed by atoms with Crippen LogP contribution in [0.15, 0.2) is 102 Å². The van der Waals surface area contributed by atoms with Gasteiger partial charge in [0.2, 0.25) is 10.0 Å². The van der Waals surface area contributed by atoms with Gasteiger partial charge in [-0.25, -0.2) is 39.7 Å². The van der Waals surface area contributed by atoms with Gasteiger partial charge in [0.05, 0.1) is 51.4 Å². The maximum absolute atomic E-state index is 14.9. The second kappa shape index (κ2) is 15.5. The summed E-state index contributed by atoms with van der Waals surface area (Å²) in [6.45, 7) is -1.22. The minimum Gasteiger partial charge on any atom is -0.497 e. The zero-order valence-corrected chi connectivity index (χ0v) is 32.3. The number of aromatic nitrogens is 4. The largest absolute Gasteiger partial charge is 0.497 e. The van der Waals surface area contributed by atoms with Crippen LogP contribution >= 0.6 is 11.6 Å². The fourth-order valence-corrected chi connectivity index (χ4v) is 9.14. The summed E-state index contributed by atoms with van der Waals surface area (Å²) >= 11 is 6.85. The molecule has 5 aromatic carbocycles. The van der Waals surface area contributed by atoms with Gasteiger partial charge in [-0.05, 0) is 90.6 Å². The topological polar surface area (TPSA) is 99.3 Å². The Hall–Kier alpha value is -5.80. The van der Waals surface area contributed by atoms with Crippen LogP contribution in [0.4, 0.5) is 27.8 Å². The van der Waals surface area contributed by atoms with E-state index in [1.165, 1.54) is 35.9 Å². The van der Waals surface area contributed by atoms with Crippen molar-refractivity contribution in [2.45, 2.75) is 50.4 Å². The molecule has 298 valence electrons. The molecule has 0 radical (unpaired) electrons.